The van der Waals surface area contributed by atoms with Gasteiger partial charge in [-0.25, -0.2) is 9.55 Å². The number of aromatic amines is 1. The molecule has 0 saturated carbocycles. The Morgan fingerprint density at radius 2 is 1.93 bits per heavy atom. The van der Waals surface area contributed by atoms with E-state index < -0.39 is 0 Å². The van der Waals surface area contributed by atoms with Crippen molar-refractivity contribution < 1.29 is 9.30 Å². The number of ether oxygens (including phenoxy) is 1. The third-order valence-electron chi connectivity index (χ3n) is 2.23. The molecule has 0 aliphatic rings. The van der Waals surface area contributed by atoms with Crippen molar-refractivity contribution in [2.45, 2.75) is 0 Å². The van der Waals surface area contributed by atoms with Crippen molar-refractivity contribution in [1.29, 1.82) is 0 Å². The number of nitrogens with zero attached hydrogens (tertiary/aromatic N) is 1. The normalized spacial score (nSPS) is 10.1. The molecular weight excluding hydrogens is 176 g/mol. The molecule has 0 radical (unpaired) electrons. The lowest BCUT2D eigenvalue weighted by molar-refractivity contribution is -0.658. The minimum absolute atomic E-state index is 0.878. The Labute approximate surface area is 83.0 Å². The molecule has 0 fully saturated rings. The number of imidazole rings is 1. The zero-order valence-corrected chi connectivity index (χ0v) is 8.32. The molecule has 1 heterocycles. The molecule has 2 rings (SSSR count). The Kier molecular flexibility index (Phi) is 2.23. The molecule has 0 aliphatic carbocycles. The maximum Gasteiger partial charge on any atom is 0.286 e. The van der Waals surface area contributed by atoms with E-state index in [-0.39, 0.29) is 0 Å². The quantitative estimate of drug-likeness (QED) is 0.713. The average Bonchev–Trinajstić information content (AvgIpc) is 2.65. The van der Waals surface area contributed by atoms with E-state index >= 15 is 0 Å². The van der Waals surface area contributed by atoms with Gasteiger partial charge in [0, 0.05) is 0 Å². The Balaban J connectivity index is 2.39. The molecule has 0 amide bonds. The predicted octanol–water partition coefficient (Wildman–Crippen LogP) is 1.51. The maximum absolute atomic E-state index is 5.10. The minimum atomic E-state index is 0.878. The van der Waals surface area contributed by atoms with Gasteiger partial charge in [0.1, 0.15) is 18.1 Å². The Hall–Kier alpha value is -1.77. The molecule has 1 aromatic heterocycles. The molecule has 3 heteroatoms. The van der Waals surface area contributed by atoms with Crippen LogP contribution < -0.4 is 9.30 Å². The van der Waals surface area contributed by atoms with Crippen molar-refractivity contribution in [3.8, 4) is 17.1 Å². The standard InChI is InChI=1S/C11H12N2O/c1-13-8-7-12-11(13)9-3-5-10(14-2)6-4-9/h3-8H,1-2H3/p+1. The molecule has 72 valence electrons. The van der Waals surface area contributed by atoms with E-state index in [2.05, 4.69) is 4.98 Å². The summed E-state index contributed by atoms with van der Waals surface area (Å²) in [6.07, 6.45) is 3.90. The summed E-state index contributed by atoms with van der Waals surface area (Å²) >= 11 is 0. The van der Waals surface area contributed by atoms with Crippen LogP contribution in [0.4, 0.5) is 0 Å². The first-order chi connectivity index (χ1) is 6.81. The first kappa shape index (κ1) is 8.81. The van der Waals surface area contributed by atoms with Gasteiger partial charge in [0.15, 0.2) is 0 Å². The van der Waals surface area contributed by atoms with Crippen molar-refractivity contribution in [1.82, 2.24) is 4.98 Å². The first-order valence-electron chi connectivity index (χ1n) is 4.48. The van der Waals surface area contributed by atoms with Gasteiger partial charge in [-0.3, -0.25) is 0 Å². The Morgan fingerprint density at radius 1 is 1.21 bits per heavy atom. The van der Waals surface area contributed by atoms with Crippen molar-refractivity contribution in [3.63, 3.8) is 0 Å². The van der Waals surface area contributed by atoms with Crippen molar-refractivity contribution in [3.05, 3.63) is 36.7 Å². The van der Waals surface area contributed by atoms with Crippen LogP contribution in [0, 0.1) is 0 Å². The van der Waals surface area contributed by atoms with Crippen LogP contribution in [0.1, 0.15) is 0 Å². The van der Waals surface area contributed by atoms with Crippen LogP contribution in [-0.2, 0) is 7.05 Å². The zero-order valence-electron chi connectivity index (χ0n) is 8.32. The van der Waals surface area contributed by atoms with Gasteiger partial charge in [0.25, 0.3) is 5.82 Å². The molecule has 0 spiro atoms. The number of rotatable bonds is 2. The van der Waals surface area contributed by atoms with Gasteiger partial charge < -0.3 is 4.74 Å². The molecule has 0 bridgehead atoms. The second kappa shape index (κ2) is 3.54. The Morgan fingerprint density at radius 3 is 2.43 bits per heavy atom. The van der Waals surface area contributed by atoms with Crippen LogP contribution in [0.3, 0.4) is 0 Å². The van der Waals surface area contributed by atoms with Gasteiger partial charge in [-0.1, -0.05) is 0 Å². The van der Waals surface area contributed by atoms with E-state index in [1.165, 1.54) is 0 Å². The number of H-pyrrole nitrogens is 1. The van der Waals surface area contributed by atoms with Gasteiger partial charge in [0.05, 0.1) is 19.7 Å². The van der Waals surface area contributed by atoms with Gasteiger partial charge in [-0.05, 0) is 24.3 Å². The minimum Gasteiger partial charge on any atom is -0.497 e. The topological polar surface area (TPSA) is 28.9 Å². The Bertz CT molecular complexity index is 417. The summed E-state index contributed by atoms with van der Waals surface area (Å²) in [5.41, 5.74) is 1.15. The number of aromatic nitrogens is 2. The number of nitrogens with one attached hydrogen (secondary N) is 1. The molecule has 0 atom stereocenters. The first-order valence-corrected chi connectivity index (χ1v) is 4.48. The fourth-order valence-corrected chi connectivity index (χ4v) is 1.44. The predicted molar refractivity (Wildman–Crippen MR) is 54.0 cm³/mol. The summed E-state index contributed by atoms with van der Waals surface area (Å²) in [6, 6.07) is 7.97. The monoisotopic (exact) mass is 189 g/mol. The molecule has 14 heavy (non-hydrogen) atoms. The molecule has 0 unspecified atom stereocenters. The van der Waals surface area contributed by atoms with Crippen LogP contribution in [0.25, 0.3) is 11.4 Å². The van der Waals surface area contributed by atoms with E-state index in [1.54, 1.807) is 7.11 Å². The number of hydrogen-bond donors (Lipinski definition) is 1. The third-order valence-corrected chi connectivity index (χ3v) is 2.23. The number of benzene rings is 1. The summed E-state index contributed by atoms with van der Waals surface area (Å²) in [5.74, 6) is 1.97. The maximum atomic E-state index is 5.10. The summed E-state index contributed by atoms with van der Waals surface area (Å²) in [4.78, 5) is 3.18. The largest absolute Gasteiger partial charge is 0.497 e. The lowest BCUT2D eigenvalue weighted by Crippen LogP contribution is -2.27. The fourth-order valence-electron chi connectivity index (χ4n) is 1.44. The third kappa shape index (κ3) is 1.48. The van der Waals surface area contributed by atoms with E-state index in [9.17, 15) is 0 Å². The molecule has 0 saturated heterocycles. The fraction of sp³-hybridized carbons (Fsp3) is 0.182. The van der Waals surface area contributed by atoms with Crippen molar-refractivity contribution in [2.75, 3.05) is 7.11 Å². The van der Waals surface area contributed by atoms with Gasteiger partial charge in [-0.15, -0.1) is 0 Å². The average molecular weight is 189 g/mol. The van der Waals surface area contributed by atoms with Gasteiger partial charge in [0.2, 0.25) is 0 Å². The van der Waals surface area contributed by atoms with E-state index in [0.717, 1.165) is 17.1 Å². The summed E-state index contributed by atoms with van der Waals surface area (Å²) < 4.78 is 7.14. The molecule has 1 N–H and O–H groups in total. The van der Waals surface area contributed by atoms with Crippen molar-refractivity contribution in [2.24, 2.45) is 7.05 Å². The van der Waals surface area contributed by atoms with Crippen LogP contribution >= 0.6 is 0 Å². The second-order valence-electron chi connectivity index (χ2n) is 3.15. The zero-order chi connectivity index (χ0) is 9.97. The number of aryl methyl sites for hydroxylation is 1. The van der Waals surface area contributed by atoms with Crippen LogP contribution in [0.15, 0.2) is 36.7 Å². The highest BCUT2D eigenvalue weighted by Gasteiger charge is 2.08. The summed E-state index contributed by atoms with van der Waals surface area (Å²) in [7, 11) is 3.68. The molecule has 1 aromatic carbocycles. The highest BCUT2D eigenvalue weighted by Crippen LogP contribution is 2.17. The SMILES string of the molecule is COc1ccc(-c2[nH]cc[n+]2C)cc1. The van der Waals surface area contributed by atoms with Crippen LogP contribution in [0.5, 0.6) is 5.75 Å². The highest BCUT2D eigenvalue weighted by molar-refractivity contribution is 5.53. The molecule has 2 aromatic rings. The molecular formula is C11H13N2O+. The van der Waals surface area contributed by atoms with E-state index in [1.807, 2.05) is 48.3 Å². The van der Waals surface area contributed by atoms with Crippen LogP contribution in [-0.4, -0.2) is 12.1 Å². The van der Waals surface area contributed by atoms with Gasteiger partial charge >= 0.3 is 0 Å². The highest BCUT2D eigenvalue weighted by atomic mass is 16.5. The van der Waals surface area contributed by atoms with Crippen molar-refractivity contribution >= 4 is 0 Å². The smallest absolute Gasteiger partial charge is 0.286 e. The van der Waals surface area contributed by atoms with E-state index in [0.29, 0.717) is 0 Å². The van der Waals surface area contributed by atoms with E-state index in [4.69, 9.17) is 4.74 Å². The number of methoxy groups -OCH3 is 1. The van der Waals surface area contributed by atoms with Crippen LogP contribution in [0.2, 0.25) is 0 Å². The second-order valence-corrected chi connectivity index (χ2v) is 3.15. The summed E-state index contributed by atoms with van der Waals surface area (Å²) in [6.45, 7) is 0. The summed E-state index contributed by atoms with van der Waals surface area (Å²) in [5, 5.41) is 0. The van der Waals surface area contributed by atoms with Gasteiger partial charge in [-0.2, -0.15) is 0 Å². The molecule has 3 nitrogen and oxygen atoms in total. The lowest BCUT2D eigenvalue weighted by Gasteiger charge is -1.99. The molecule has 0 aliphatic heterocycles. The lowest BCUT2D eigenvalue weighted by atomic mass is 10.2. The number of hydrogen-bond acceptors (Lipinski definition) is 1.